The Hall–Kier alpha value is -2.02. The fourth-order valence-electron chi connectivity index (χ4n) is 3.29. The molecule has 8 heteroatoms. The van der Waals surface area contributed by atoms with Crippen molar-refractivity contribution < 1.29 is 4.74 Å². The van der Waals surface area contributed by atoms with Crippen molar-refractivity contribution in [3.05, 3.63) is 49.8 Å². The van der Waals surface area contributed by atoms with Gasteiger partial charge in [-0.05, 0) is 32.0 Å². The molecule has 0 fully saturated rings. The number of aromatic nitrogens is 3. The van der Waals surface area contributed by atoms with E-state index in [1.807, 2.05) is 36.6 Å². The van der Waals surface area contributed by atoms with Crippen LogP contribution in [0.2, 0.25) is 10.0 Å². The predicted molar refractivity (Wildman–Crippen MR) is 107 cm³/mol. The highest BCUT2D eigenvalue weighted by molar-refractivity contribution is 7.16. The summed E-state index contributed by atoms with van der Waals surface area (Å²) in [6, 6.07) is 5.61. The number of benzene rings is 1. The molecule has 3 aromatic heterocycles. The van der Waals surface area contributed by atoms with Gasteiger partial charge in [-0.3, -0.25) is 13.8 Å². The van der Waals surface area contributed by atoms with E-state index in [4.69, 9.17) is 27.9 Å². The van der Waals surface area contributed by atoms with Gasteiger partial charge in [0.25, 0.3) is 0 Å². The molecule has 5 nitrogen and oxygen atoms in total. The molecule has 0 saturated heterocycles. The van der Waals surface area contributed by atoms with Gasteiger partial charge in [0.2, 0.25) is 5.88 Å². The summed E-state index contributed by atoms with van der Waals surface area (Å²) < 4.78 is 9.76. The van der Waals surface area contributed by atoms with Gasteiger partial charge in [-0.25, -0.2) is 4.98 Å². The van der Waals surface area contributed by atoms with Crippen molar-refractivity contribution >= 4 is 50.4 Å². The lowest BCUT2D eigenvalue weighted by atomic mass is 10.1. The summed E-state index contributed by atoms with van der Waals surface area (Å²) in [6.45, 7) is 4.34. The summed E-state index contributed by atoms with van der Waals surface area (Å²) in [5.74, 6) is 0.663. The molecule has 4 aromatic rings. The van der Waals surface area contributed by atoms with E-state index in [2.05, 4.69) is 4.98 Å². The molecule has 4 rings (SSSR count). The molecule has 0 radical (unpaired) electrons. The Kier molecular flexibility index (Phi) is 4.22. The average molecular weight is 408 g/mol. The van der Waals surface area contributed by atoms with E-state index in [9.17, 15) is 4.79 Å². The lowest BCUT2D eigenvalue weighted by Gasteiger charge is -2.11. The Morgan fingerprint density at radius 1 is 1.35 bits per heavy atom. The van der Waals surface area contributed by atoms with E-state index in [0.717, 1.165) is 27.3 Å². The number of fused-ring (bicyclic) bond motifs is 2. The van der Waals surface area contributed by atoms with Crippen LogP contribution >= 0.6 is 34.5 Å². The van der Waals surface area contributed by atoms with E-state index in [1.165, 1.54) is 0 Å². The summed E-state index contributed by atoms with van der Waals surface area (Å²) >= 11 is 14.5. The molecule has 0 aliphatic rings. The van der Waals surface area contributed by atoms with Gasteiger partial charge >= 0.3 is 4.87 Å². The number of imidazole rings is 1. The molecule has 0 saturated carbocycles. The van der Waals surface area contributed by atoms with Crippen LogP contribution in [0.15, 0.2) is 29.2 Å². The van der Waals surface area contributed by atoms with Crippen molar-refractivity contribution in [2.75, 3.05) is 7.11 Å². The van der Waals surface area contributed by atoms with Gasteiger partial charge in [0.1, 0.15) is 11.3 Å². The molecule has 0 unspecified atom stereocenters. The monoisotopic (exact) mass is 407 g/mol. The Balaban J connectivity index is 2.13. The van der Waals surface area contributed by atoms with E-state index in [1.54, 1.807) is 17.7 Å². The maximum atomic E-state index is 12.2. The van der Waals surface area contributed by atoms with Crippen LogP contribution in [-0.2, 0) is 6.54 Å². The van der Waals surface area contributed by atoms with Crippen LogP contribution in [0.4, 0.5) is 0 Å². The molecule has 134 valence electrons. The Morgan fingerprint density at radius 2 is 2.12 bits per heavy atom. The minimum Gasteiger partial charge on any atom is -0.481 e. The fourth-order valence-corrected chi connectivity index (χ4v) is 5.18. The highest BCUT2D eigenvalue weighted by atomic mass is 35.5. The van der Waals surface area contributed by atoms with Gasteiger partial charge in [0.05, 0.1) is 27.4 Å². The Bertz CT molecular complexity index is 1220. The van der Waals surface area contributed by atoms with Crippen molar-refractivity contribution in [3.8, 4) is 17.0 Å². The Morgan fingerprint density at radius 3 is 2.81 bits per heavy atom. The molecular formula is C18H15Cl2N3O2S. The summed E-state index contributed by atoms with van der Waals surface area (Å²) in [4.78, 5) is 16.8. The zero-order chi connectivity index (χ0) is 18.6. The third kappa shape index (κ3) is 2.36. The van der Waals surface area contributed by atoms with E-state index < -0.39 is 0 Å². The number of hydrogen-bond donors (Lipinski definition) is 0. The number of halogens is 2. The van der Waals surface area contributed by atoms with Crippen molar-refractivity contribution in [2.45, 2.75) is 20.4 Å². The second-order valence-electron chi connectivity index (χ2n) is 5.83. The van der Waals surface area contributed by atoms with Gasteiger partial charge < -0.3 is 4.74 Å². The van der Waals surface area contributed by atoms with Gasteiger partial charge in [0.15, 0.2) is 0 Å². The highest BCUT2D eigenvalue weighted by Crippen LogP contribution is 2.42. The second kappa shape index (κ2) is 6.30. The largest absolute Gasteiger partial charge is 0.481 e. The molecule has 0 aliphatic heterocycles. The molecule has 26 heavy (non-hydrogen) atoms. The summed E-state index contributed by atoms with van der Waals surface area (Å²) in [5.41, 5.74) is 3.64. The smallest absolute Gasteiger partial charge is 0.308 e. The molecule has 1 aromatic carbocycles. The molecule has 0 bridgehead atoms. The normalized spacial score (nSPS) is 11.6. The van der Waals surface area contributed by atoms with Gasteiger partial charge in [-0.2, -0.15) is 0 Å². The van der Waals surface area contributed by atoms with Gasteiger partial charge in [-0.1, -0.05) is 34.5 Å². The fraction of sp³-hybridized carbons (Fsp3) is 0.222. The van der Waals surface area contributed by atoms with Crippen LogP contribution in [0.5, 0.6) is 5.88 Å². The van der Waals surface area contributed by atoms with Crippen LogP contribution in [0, 0.1) is 6.92 Å². The number of methoxy groups -OCH3 is 1. The van der Waals surface area contributed by atoms with Crippen LogP contribution in [0.25, 0.3) is 27.0 Å². The topological polar surface area (TPSA) is 48.5 Å². The SMILES string of the molecule is CCn1c(=O)sc2cc(Cl)c(-c3cccn4c(OC)c(C)nc34)c(Cl)c21. The first-order valence-electron chi connectivity index (χ1n) is 8.01. The zero-order valence-electron chi connectivity index (χ0n) is 14.3. The van der Waals surface area contributed by atoms with E-state index in [-0.39, 0.29) is 4.87 Å². The highest BCUT2D eigenvalue weighted by Gasteiger charge is 2.21. The number of aryl methyl sites for hydroxylation is 2. The average Bonchev–Trinajstić information content (AvgIpc) is 3.10. The minimum absolute atomic E-state index is 0.0471. The lowest BCUT2D eigenvalue weighted by molar-refractivity contribution is 0.391. The molecule has 0 amide bonds. The van der Waals surface area contributed by atoms with Gasteiger partial charge in [-0.15, -0.1) is 0 Å². The first kappa shape index (κ1) is 17.4. The molecule has 0 spiro atoms. The van der Waals surface area contributed by atoms with Crippen molar-refractivity contribution in [1.29, 1.82) is 0 Å². The molecular weight excluding hydrogens is 393 g/mol. The summed E-state index contributed by atoms with van der Waals surface area (Å²) in [5, 5.41) is 0.945. The summed E-state index contributed by atoms with van der Waals surface area (Å²) in [7, 11) is 1.61. The van der Waals surface area contributed by atoms with E-state index >= 15 is 0 Å². The number of rotatable bonds is 3. The van der Waals surface area contributed by atoms with Crippen molar-refractivity contribution in [1.82, 2.24) is 14.0 Å². The number of nitrogens with zero attached hydrogens (tertiary/aromatic N) is 3. The zero-order valence-corrected chi connectivity index (χ0v) is 16.7. The van der Waals surface area contributed by atoms with Crippen molar-refractivity contribution in [3.63, 3.8) is 0 Å². The van der Waals surface area contributed by atoms with Crippen LogP contribution in [0.1, 0.15) is 12.6 Å². The molecule has 3 heterocycles. The third-order valence-electron chi connectivity index (χ3n) is 4.39. The number of thiazole rings is 1. The first-order valence-corrected chi connectivity index (χ1v) is 9.58. The number of hydrogen-bond acceptors (Lipinski definition) is 4. The molecule has 0 N–H and O–H groups in total. The standard InChI is InChI=1S/C18H15Cl2N3O2S/c1-4-22-15-12(26-18(22)24)8-11(19)13(14(15)20)10-6-5-7-23-16(10)21-9(2)17(23)25-3/h5-8H,4H2,1-3H3. The summed E-state index contributed by atoms with van der Waals surface area (Å²) in [6.07, 6.45) is 1.88. The first-order chi connectivity index (χ1) is 12.5. The van der Waals surface area contributed by atoms with Gasteiger partial charge in [0, 0.05) is 23.9 Å². The van der Waals surface area contributed by atoms with Crippen LogP contribution in [0.3, 0.4) is 0 Å². The maximum Gasteiger partial charge on any atom is 0.308 e. The van der Waals surface area contributed by atoms with Crippen molar-refractivity contribution in [2.24, 2.45) is 0 Å². The third-order valence-corrected chi connectivity index (χ3v) is 5.99. The Labute approximate surface area is 163 Å². The van der Waals surface area contributed by atoms with E-state index in [0.29, 0.717) is 39.2 Å². The lowest BCUT2D eigenvalue weighted by Crippen LogP contribution is -2.10. The molecule has 0 atom stereocenters. The van der Waals surface area contributed by atoms with Crippen LogP contribution in [-0.4, -0.2) is 21.1 Å². The number of pyridine rings is 1. The number of ether oxygens (including phenoxy) is 1. The van der Waals surface area contributed by atoms with Crippen LogP contribution < -0.4 is 9.61 Å². The molecule has 0 aliphatic carbocycles. The quantitative estimate of drug-likeness (QED) is 0.478. The second-order valence-corrected chi connectivity index (χ2v) is 7.61. The minimum atomic E-state index is -0.0471. The predicted octanol–water partition coefficient (Wildman–Crippen LogP) is 5.02. The maximum absolute atomic E-state index is 12.2.